The zero-order valence-electron chi connectivity index (χ0n) is 8.87. The highest BCUT2D eigenvalue weighted by Crippen LogP contribution is 2.25. The van der Waals surface area contributed by atoms with Crippen molar-refractivity contribution in [2.45, 2.75) is 8.69 Å². The van der Waals surface area contributed by atoms with E-state index < -0.39 is 3.79 Å². The van der Waals surface area contributed by atoms with Crippen molar-refractivity contribution in [3.8, 4) is 0 Å². The number of benzene rings is 1. The summed E-state index contributed by atoms with van der Waals surface area (Å²) in [6, 6.07) is 9.66. The van der Waals surface area contributed by atoms with Crippen LogP contribution in [0.15, 0.2) is 35.2 Å². The smallest absolute Gasteiger partial charge is 0.213 e. The van der Waals surface area contributed by atoms with E-state index >= 15 is 0 Å². The number of hydrogen-bond acceptors (Lipinski definition) is 3. The first-order valence-corrected chi connectivity index (χ1v) is 6.93. The summed E-state index contributed by atoms with van der Waals surface area (Å²) < 4.78 is 3.52. The number of ketones is 1. The van der Waals surface area contributed by atoms with Gasteiger partial charge in [0, 0.05) is 4.90 Å². The van der Waals surface area contributed by atoms with E-state index in [2.05, 4.69) is 0 Å². The first-order valence-electron chi connectivity index (χ1n) is 4.81. The van der Waals surface area contributed by atoms with Crippen LogP contribution in [0, 0.1) is 0 Å². The van der Waals surface area contributed by atoms with Gasteiger partial charge in [-0.3, -0.25) is 4.79 Å². The summed E-state index contributed by atoms with van der Waals surface area (Å²) in [6.07, 6.45) is 0. The lowest BCUT2D eigenvalue weighted by Crippen LogP contribution is -2.18. The predicted octanol–water partition coefficient (Wildman–Crippen LogP) is 3.73. The van der Waals surface area contributed by atoms with E-state index in [1.165, 1.54) is 11.8 Å². The topological polar surface area (TPSA) is 26.3 Å². The molecule has 1 rings (SSSR count). The van der Waals surface area contributed by atoms with Crippen LogP contribution in [-0.2, 0) is 9.53 Å². The molecule has 0 N–H and O–H groups in total. The Morgan fingerprint density at radius 3 is 2.47 bits per heavy atom. The van der Waals surface area contributed by atoms with Crippen molar-refractivity contribution in [3.05, 3.63) is 30.3 Å². The van der Waals surface area contributed by atoms with E-state index in [-0.39, 0.29) is 19.0 Å². The summed E-state index contributed by atoms with van der Waals surface area (Å²) in [5.74, 6) is 0.317. The van der Waals surface area contributed by atoms with Crippen LogP contribution in [0.2, 0.25) is 0 Å². The Hall–Kier alpha value is 0.0700. The minimum Gasteiger partial charge on any atom is -0.369 e. The molecule has 2 nitrogen and oxygen atoms in total. The van der Waals surface area contributed by atoms with Crippen molar-refractivity contribution in [1.29, 1.82) is 0 Å². The van der Waals surface area contributed by atoms with Crippen LogP contribution in [0.1, 0.15) is 0 Å². The number of rotatable bonds is 6. The maximum atomic E-state index is 11.4. The molecule has 94 valence electrons. The molecule has 6 heteroatoms. The lowest BCUT2D eigenvalue weighted by molar-refractivity contribution is -0.120. The van der Waals surface area contributed by atoms with Crippen LogP contribution in [-0.4, -0.2) is 28.5 Å². The molecule has 17 heavy (non-hydrogen) atoms. The lowest BCUT2D eigenvalue weighted by atomic mass is 10.4. The van der Waals surface area contributed by atoms with Gasteiger partial charge < -0.3 is 4.74 Å². The van der Waals surface area contributed by atoms with Crippen molar-refractivity contribution >= 4 is 52.3 Å². The van der Waals surface area contributed by atoms with Crippen LogP contribution in [0.25, 0.3) is 0 Å². The maximum Gasteiger partial charge on any atom is 0.213 e. The Morgan fingerprint density at radius 1 is 1.24 bits per heavy atom. The van der Waals surface area contributed by atoms with Gasteiger partial charge >= 0.3 is 0 Å². The SMILES string of the molecule is O=C(COCC(Cl)(Cl)Cl)CSc1ccccc1. The molecule has 0 aromatic heterocycles. The van der Waals surface area contributed by atoms with Crippen molar-refractivity contribution in [1.82, 2.24) is 0 Å². The Balaban J connectivity index is 2.18. The number of hydrogen-bond donors (Lipinski definition) is 0. The average Bonchev–Trinajstić information content (AvgIpc) is 2.26. The Bertz CT molecular complexity index is 351. The average molecular weight is 314 g/mol. The fourth-order valence-corrected chi connectivity index (χ4v) is 1.99. The molecule has 0 atom stereocenters. The number of carbonyl (C=O) groups excluding carboxylic acids is 1. The normalized spacial score (nSPS) is 11.5. The van der Waals surface area contributed by atoms with E-state index in [9.17, 15) is 4.79 Å². The van der Waals surface area contributed by atoms with E-state index in [0.29, 0.717) is 5.75 Å². The van der Waals surface area contributed by atoms with Gasteiger partial charge in [-0.05, 0) is 12.1 Å². The van der Waals surface area contributed by atoms with Gasteiger partial charge in [0.15, 0.2) is 5.78 Å². The third kappa shape index (κ3) is 7.90. The minimum atomic E-state index is -1.47. The van der Waals surface area contributed by atoms with Gasteiger partial charge in [-0.1, -0.05) is 53.0 Å². The van der Waals surface area contributed by atoms with E-state index in [1.54, 1.807) is 0 Å². The second kappa shape index (κ2) is 7.49. The van der Waals surface area contributed by atoms with Crippen molar-refractivity contribution < 1.29 is 9.53 Å². The largest absolute Gasteiger partial charge is 0.369 e. The van der Waals surface area contributed by atoms with Gasteiger partial charge in [-0.25, -0.2) is 0 Å². The number of Topliss-reactive ketones (excluding diaryl/α,β-unsaturated/α-hetero) is 1. The molecule has 0 fully saturated rings. The molecule has 1 aromatic carbocycles. The Kier molecular flexibility index (Phi) is 6.67. The monoisotopic (exact) mass is 312 g/mol. The number of thioether (sulfide) groups is 1. The van der Waals surface area contributed by atoms with Crippen LogP contribution in [0.5, 0.6) is 0 Å². The molecule has 0 aliphatic carbocycles. The molecule has 0 saturated carbocycles. The molecule has 0 radical (unpaired) electrons. The van der Waals surface area contributed by atoms with Crippen molar-refractivity contribution in [2.24, 2.45) is 0 Å². The third-order valence-electron chi connectivity index (χ3n) is 1.67. The van der Waals surface area contributed by atoms with Crippen LogP contribution >= 0.6 is 46.6 Å². The summed E-state index contributed by atoms with van der Waals surface area (Å²) >= 11 is 17.9. The number of carbonyl (C=O) groups is 1. The summed E-state index contributed by atoms with van der Waals surface area (Å²) in [5, 5.41) is 0. The zero-order chi connectivity index (χ0) is 12.7. The standard InChI is InChI=1S/C11H11Cl3O2S/c12-11(13,14)8-16-6-9(15)7-17-10-4-2-1-3-5-10/h1-5H,6-8H2. The molecule has 0 bridgehead atoms. The molecule has 0 spiro atoms. The molecule has 0 amide bonds. The fraction of sp³-hybridized carbons (Fsp3) is 0.364. The highest BCUT2D eigenvalue weighted by molar-refractivity contribution is 8.00. The number of alkyl halides is 3. The zero-order valence-corrected chi connectivity index (χ0v) is 12.0. The first-order chi connectivity index (χ1) is 7.97. The van der Waals surface area contributed by atoms with E-state index in [4.69, 9.17) is 39.5 Å². The minimum absolute atomic E-state index is 0.0340. The van der Waals surface area contributed by atoms with Crippen LogP contribution in [0.4, 0.5) is 0 Å². The summed E-state index contributed by atoms with van der Waals surface area (Å²) in [7, 11) is 0. The summed E-state index contributed by atoms with van der Waals surface area (Å²) in [5.41, 5.74) is 0. The second-order valence-corrected chi connectivity index (χ2v) is 6.81. The molecule has 0 unspecified atom stereocenters. The van der Waals surface area contributed by atoms with Gasteiger partial charge in [0.1, 0.15) is 6.61 Å². The summed E-state index contributed by atoms with van der Waals surface area (Å²) in [4.78, 5) is 12.5. The lowest BCUT2D eigenvalue weighted by Gasteiger charge is -2.10. The number of halogens is 3. The van der Waals surface area contributed by atoms with Crippen molar-refractivity contribution in [2.75, 3.05) is 19.0 Å². The Labute approximate surface area is 120 Å². The number of ether oxygens (including phenoxy) is 1. The van der Waals surface area contributed by atoms with Gasteiger partial charge in [-0.2, -0.15) is 0 Å². The van der Waals surface area contributed by atoms with E-state index in [0.717, 1.165) is 4.90 Å². The van der Waals surface area contributed by atoms with Gasteiger partial charge in [0.25, 0.3) is 0 Å². The Morgan fingerprint density at radius 2 is 1.88 bits per heavy atom. The van der Waals surface area contributed by atoms with Crippen LogP contribution in [0.3, 0.4) is 0 Å². The molecule has 0 heterocycles. The van der Waals surface area contributed by atoms with E-state index in [1.807, 2.05) is 30.3 Å². The summed E-state index contributed by atoms with van der Waals surface area (Å²) in [6.45, 7) is -0.118. The highest BCUT2D eigenvalue weighted by atomic mass is 35.6. The first kappa shape index (κ1) is 15.1. The molecular formula is C11H11Cl3O2S. The highest BCUT2D eigenvalue weighted by Gasteiger charge is 2.20. The molecule has 0 saturated heterocycles. The van der Waals surface area contributed by atoms with Gasteiger partial charge in [0.2, 0.25) is 3.79 Å². The maximum absolute atomic E-state index is 11.4. The molecular weight excluding hydrogens is 303 g/mol. The second-order valence-electron chi connectivity index (χ2n) is 3.25. The molecule has 0 aliphatic rings. The van der Waals surface area contributed by atoms with Gasteiger partial charge in [0.05, 0.1) is 12.4 Å². The third-order valence-corrected chi connectivity index (χ3v) is 3.07. The molecule has 1 aromatic rings. The van der Waals surface area contributed by atoms with Crippen LogP contribution < -0.4 is 0 Å². The quantitative estimate of drug-likeness (QED) is 0.591. The predicted molar refractivity (Wildman–Crippen MR) is 73.3 cm³/mol. The van der Waals surface area contributed by atoms with Gasteiger partial charge in [-0.15, -0.1) is 11.8 Å². The fourth-order valence-electron chi connectivity index (χ4n) is 1.00. The molecule has 0 aliphatic heterocycles. The van der Waals surface area contributed by atoms with Crippen molar-refractivity contribution in [3.63, 3.8) is 0 Å².